The van der Waals surface area contributed by atoms with Gasteiger partial charge in [0.05, 0.1) is 6.42 Å². The van der Waals surface area contributed by atoms with Gasteiger partial charge in [-0.2, -0.15) is 0 Å². The van der Waals surface area contributed by atoms with E-state index in [1.54, 1.807) is 4.90 Å². The third-order valence-electron chi connectivity index (χ3n) is 4.64. The zero-order chi connectivity index (χ0) is 18.9. The molecule has 6 heteroatoms. The molecule has 1 heterocycles. The van der Waals surface area contributed by atoms with Crippen molar-refractivity contribution >= 4 is 18.1 Å². The molecule has 0 spiro atoms. The van der Waals surface area contributed by atoms with E-state index < -0.39 is 5.97 Å². The van der Waals surface area contributed by atoms with E-state index in [2.05, 4.69) is 34.5 Å². The molecular weight excluding hydrogens is 330 g/mol. The molecule has 6 nitrogen and oxygen atoms in total. The molecule has 26 heavy (non-hydrogen) atoms. The van der Waals surface area contributed by atoms with Crippen LogP contribution >= 0.6 is 0 Å². The van der Waals surface area contributed by atoms with Crippen LogP contribution in [0.2, 0.25) is 0 Å². The number of rotatable bonds is 7. The van der Waals surface area contributed by atoms with Gasteiger partial charge in [0.2, 0.25) is 0 Å². The second kappa shape index (κ2) is 9.97. The first-order chi connectivity index (χ1) is 12.5. The number of benzene rings is 1. The lowest BCUT2D eigenvalue weighted by Gasteiger charge is -2.35. The SMILES string of the molecule is CC(C)[C@@H](CC(=O)O)NC(=O)N1CCN(C/C=C/c2ccccc2)CC1. The average molecular weight is 359 g/mol. The molecule has 1 aromatic rings. The molecule has 1 atom stereocenters. The Morgan fingerprint density at radius 1 is 1.15 bits per heavy atom. The van der Waals surface area contributed by atoms with Crippen LogP contribution in [0.3, 0.4) is 0 Å². The van der Waals surface area contributed by atoms with Crippen LogP contribution in [-0.4, -0.2) is 65.7 Å². The fourth-order valence-corrected chi connectivity index (χ4v) is 2.93. The van der Waals surface area contributed by atoms with Crippen LogP contribution in [0.15, 0.2) is 36.4 Å². The van der Waals surface area contributed by atoms with E-state index in [0.717, 1.165) is 19.6 Å². The molecule has 1 aliphatic rings. The predicted molar refractivity (Wildman–Crippen MR) is 103 cm³/mol. The maximum atomic E-state index is 12.4. The molecule has 1 aliphatic heterocycles. The molecule has 0 aliphatic carbocycles. The van der Waals surface area contributed by atoms with E-state index in [0.29, 0.717) is 13.1 Å². The number of carboxylic acids is 1. The van der Waals surface area contributed by atoms with Gasteiger partial charge in [-0.15, -0.1) is 0 Å². The molecule has 142 valence electrons. The van der Waals surface area contributed by atoms with E-state index in [4.69, 9.17) is 5.11 Å². The maximum Gasteiger partial charge on any atom is 0.317 e. The predicted octanol–water partition coefficient (Wildman–Crippen LogP) is 2.53. The van der Waals surface area contributed by atoms with Crippen molar-refractivity contribution in [3.8, 4) is 0 Å². The van der Waals surface area contributed by atoms with Gasteiger partial charge in [0.15, 0.2) is 0 Å². The van der Waals surface area contributed by atoms with Gasteiger partial charge in [-0.3, -0.25) is 9.69 Å². The highest BCUT2D eigenvalue weighted by Crippen LogP contribution is 2.09. The number of carboxylic acid groups (broad SMARTS) is 1. The first-order valence-electron chi connectivity index (χ1n) is 9.17. The van der Waals surface area contributed by atoms with Crippen LogP contribution < -0.4 is 5.32 Å². The minimum Gasteiger partial charge on any atom is -0.481 e. The summed E-state index contributed by atoms with van der Waals surface area (Å²) in [6, 6.07) is 9.68. The number of aliphatic carboxylic acids is 1. The second-order valence-electron chi connectivity index (χ2n) is 7.00. The number of piperazine rings is 1. The van der Waals surface area contributed by atoms with Crippen molar-refractivity contribution in [2.24, 2.45) is 5.92 Å². The maximum absolute atomic E-state index is 12.4. The number of hydrogen-bond acceptors (Lipinski definition) is 3. The molecule has 0 bridgehead atoms. The summed E-state index contributed by atoms with van der Waals surface area (Å²) in [5.41, 5.74) is 1.18. The van der Waals surface area contributed by atoms with E-state index in [1.165, 1.54) is 5.56 Å². The Labute approximate surface area is 155 Å². The van der Waals surface area contributed by atoms with E-state index in [1.807, 2.05) is 32.0 Å². The van der Waals surface area contributed by atoms with Crippen molar-refractivity contribution in [3.05, 3.63) is 42.0 Å². The summed E-state index contributed by atoms with van der Waals surface area (Å²) < 4.78 is 0. The number of carbonyl (C=O) groups excluding carboxylic acids is 1. The quantitative estimate of drug-likeness (QED) is 0.785. The minimum atomic E-state index is -0.890. The highest BCUT2D eigenvalue weighted by atomic mass is 16.4. The Bertz CT molecular complexity index is 608. The van der Waals surface area contributed by atoms with Crippen LogP contribution in [0.25, 0.3) is 6.08 Å². The molecule has 0 unspecified atom stereocenters. The summed E-state index contributed by atoms with van der Waals surface area (Å²) in [5.74, 6) is -0.807. The summed E-state index contributed by atoms with van der Waals surface area (Å²) in [4.78, 5) is 27.4. The van der Waals surface area contributed by atoms with Crippen molar-refractivity contribution in [1.82, 2.24) is 15.1 Å². The van der Waals surface area contributed by atoms with Crippen LogP contribution in [0.5, 0.6) is 0 Å². The zero-order valence-corrected chi connectivity index (χ0v) is 15.6. The summed E-state index contributed by atoms with van der Waals surface area (Å²) in [7, 11) is 0. The lowest BCUT2D eigenvalue weighted by Crippen LogP contribution is -2.54. The van der Waals surface area contributed by atoms with Crippen LogP contribution in [0.4, 0.5) is 4.79 Å². The summed E-state index contributed by atoms with van der Waals surface area (Å²) in [6.07, 6.45) is 4.21. The Morgan fingerprint density at radius 3 is 2.38 bits per heavy atom. The zero-order valence-electron chi connectivity index (χ0n) is 15.6. The van der Waals surface area contributed by atoms with Gasteiger partial charge in [-0.25, -0.2) is 4.79 Å². The number of nitrogens with one attached hydrogen (secondary N) is 1. The van der Waals surface area contributed by atoms with Crippen molar-refractivity contribution in [3.63, 3.8) is 0 Å². The molecule has 2 rings (SSSR count). The molecule has 0 radical (unpaired) electrons. The van der Waals surface area contributed by atoms with Crippen molar-refractivity contribution in [2.75, 3.05) is 32.7 Å². The van der Waals surface area contributed by atoms with Gasteiger partial charge in [0.25, 0.3) is 0 Å². The number of carbonyl (C=O) groups is 2. The highest BCUT2D eigenvalue weighted by Gasteiger charge is 2.25. The Hall–Kier alpha value is -2.34. The Balaban J connectivity index is 1.75. The number of amides is 2. The third kappa shape index (κ3) is 6.52. The molecule has 1 saturated heterocycles. The molecule has 2 amide bonds. The first-order valence-corrected chi connectivity index (χ1v) is 9.17. The second-order valence-corrected chi connectivity index (χ2v) is 7.00. The lowest BCUT2D eigenvalue weighted by molar-refractivity contribution is -0.137. The monoisotopic (exact) mass is 359 g/mol. The minimum absolute atomic E-state index is 0.0480. The molecule has 0 aromatic heterocycles. The molecule has 2 N–H and O–H groups in total. The van der Waals surface area contributed by atoms with Crippen molar-refractivity contribution < 1.29 is 14.7 Å². The van der Waals surface area contributed by atoms with Gasteiger partial charge >= 0.3 is 12.0 Å². The third-order valence-corrected chi connectivity index (χ3v) is 4.64. The largest absolute Gasteiger partial charge is 0.481 e. The standard InChI is InChI=1S/C20H29N3O3/c1-16(2)18(15-19(24)25)21-20(26)23-13-11-22(12-14-23)10-6-9-17-7-4-3-5-8-17/h3-9,16,18H,10-15H2,1-2H3,(H,21,26)(H,24,25)/b9-6+/t18-/m1/s1. The highest BCUT2D eigenvalue weighted by molar-refractivity contribution is 5.76. The number of hydrogen-bond donors (Lipinski definition) is 2. The van der Waals surface area contributed by atoms with Crippen LogP contribution in [0.1, 0.15) is 25.8 Å². The lowest BCUT2D eigenvalue weighted by atomic mass is 10.0. The Kier molecular flexibility index (Phi) is 7.66. The smallest absolute Gasteiger partial charge is 0.317 e. The summed E-state index contributed by atoms with van der Waals surface area (Å²) in [5, 5.41) is 11.8. The van der Waals surface area contributed by atoms with E-state index in [9.17, 15) is 9.59 Å². The van der Waals surface area contributed by atoms with E-state index >= 15 is 0 Å². The Morgan fingerprint density at radius 2 is 1.81 bits per heavy atom. The van der Waals surface area contributed by atoms with Gasteiger partial charge in [-0.1, -0.05) is 56.3 Å². The van der Waals surface area contributed by atoms with E-state index in [-0.39, 0.29) is 24.4 Å². The van der Waals surface area contributed by atoms with Gasteiger partial charge in [-0.05, 0) is 11.5 Å². The topological polar surface area (TPSA) is 72.9 Å². The average Bonchev–Trinajstić information content (AvgIpc) is 2.62. The first kappa shape index (κ1) is 20.0. The molecule has 1 aromatic carbocycles. The van der Waals surface area contributed by atoms with Crippen LogP contribution in [0, 0.1) is 5.92 Å². The fraction of sp³-hybridized carbons (Fsp3) is 0.500. The molecule has 1 fully saturated rings. The summed E-state index contributed by atoms with van der Waals surface area (Å²) in [6.45, 7) is 7.65. The van der Waals surface area contributed by atoms with Gasteiger partial charge in [0.1, 0.15) is 0 Å². The number of nitrogens with zero attached hydrogens (tertiary/aromatic N) is 2. The molecule has 0 saturated carbocycles. The summed E-state index contributed by atoms with van der Waals surface area (Å²) >= 11 is 0. The van der Waals surface area contributed by atoms with Crippen LogP contribution in [-0.2, 0) is 4.79 Å². The molecular formula is C20H29N3O3. The number of urea groups is 1. The van der Waals surface area contributed by atoms with Gasteiger partial charge in [0, 0.05) is 38.8 Å². The van der Waals surface area contributed by atoms with Crippen molar-refractivity contribution in [1.29, 1.82) is 0 Å². The van der Waals surface area contributed by atoms with Crippen molar-refractivity contribution in [2.45, 2.75) is 26.3 Å². The normalized spacial score (nSPS) is 16.8. The fourth-order valence-electron chi connectivity index (χ4n) is 2.93. The van der Waals surface area contributed by atoms with Gasteiger partial charge < -0.3 is 15.3 Å².